The number of carboxylic acid groups (broad SMARTS) is 1. The molecule has 1 N–H and O–H groups in total. The molecule has 21 heavy (non-hydrogen) atoms. The van der Waals surface area contributed by atoms with Crippen molar-refractivity contribution < 1.29 is 31.9 Å². The van der Waals surface area contributed by atoms with Gasteiger partial charge in [-0.25, -0.2) is 18.3 Å². The molecule has 0 fully saturated rings. The summed E-state index contributed by atoms with van der Waals surface area (Å²) in [5.74, 6) is -3.72. The highest BCUT2D eigenvalue weighted by atomic mass is 19.4. The van der Waals surface area contributed by atoms with Crippen LogP contribution in [0.5, 0.6) is 0 Å². The molecule has 0 saturated carbocycles. The van der Waals surface area contributed by atoms with Crippen LogP contribution in [0.1, 0.15) is 21.7 Å². The number of hydrogen-bond acceptors (Lipinski definition) is 3. The van der Waals surface area contributed by atoms with Gasteiger partial charge in [-0.3, -0.25) is 0 Å². The normalized spacial score (nSPS) is 11.7. The molecule has 10 heteroatoms. The Kier molecular flexibility index (Phi) is 3.62. The predicted molar refractivity (Wildman–Crippen MR) is 57.4 cm³/mol. The lowest BCUT2D eigenvalue weighted by molar-refractivity contribution is -0.144. The van der Waals surface area contributed by atoms with Gasteiger partial charge in [-0.1, -0.05) is 5.21 Å². The fraction of sp³-hybridized carbons (Fsp3) is 0.182. The second kappa shape index (κ2) is 5.11. The highest BCUT2D eigenvalue weighted by Gasteiger charge is 2.41. The van der Waals surface area contributed by atoms with Gasteiger partial charge in [-0.15, -0.1) is 5.10 Å². The third-order valence-corrected chi connectivity index (χ3v) is 2.53. The van der Waals surface area contributed by atoms with E-state index in [2.05, 4.69) is 10.3 Å². The van der Waals surface area contributed by atoms with Crippen LogP contribution < -0.4 is 0 Å². The number of rotatable bonds is 3. The average Bonchev–Trinajstić information content (AvgIpc) is 2.77. The van der Waals surface area contributed by atoms with Crippen molar-refractivity contribution >= 4 is 5.97 Å². The van der Waals surface area contributed by atoms with E-state index in [1.165, 1.54) is 0 Å². The van der Waals surface area contributed by atoms with Crippen molar-refractivity contribution in [2.75, 3.05) is 0 Å². The van der Waals surface area contributed by atoms with Gasteiger partial charge in [-0.05, 0) is 18.2 Å². The molecule has 2 aromatic rings. The molecule has 0 atom stereocenters. The van der Waals surface area contributed by atoms with E-state index in [4.69, 9.17) is 5.11 Å². The Hall–Kier alpha value is -2.52. The second-order valence-electron chi connectivity index (χ2n) is 3.98. The highest BCUT2D eigenvalue weighted by molar-refractivity contribution is 5.86. The van der Waals surface area contributed by atoms with E-state index in [9.17, 15) is 26.7 Å². The SMILES string of the molecule is O=C(O)c1nnn(Cc2cc(F)ccc2F)c1C(F)(F)F. The minimum Gasteiger partial charge on any atom is -0.476 e. The lowest BCUT2D eigenvalue weighted by Crippen LogP contribution is -2.19. The van der Waals surface area contributed by atoms with Gasteiger partial charge in [0.1, 0.15) is 11.6 Å². The van der Waals surface area contributed by atoms with Gasteiger partial charge in [0.15, 0.2) is 5.69 Å². The van der Waals surface area contributed by atoms with Crippen molar-refractivity contribution in [3.63, 3.8) is 0 Å². The Morgan fingerprint density at radius 3 is 2.52 bits per heavy atom. The van der Waals surface area contributed by atoms with Crippen LogP contribution in [0.3, 0.4) is 0 Å². The fourth-order valence-corrected chi connectivity index (χ4v) is 1.67. The molecule has 1 aromatic carbocycles. The summed E-state index contributed by atoms with van der Waals surface area (Å²) in [7, 11) is 0. The Morgan fingerprint density at radius 1 is 1.29 bits per heavy atom. The third-order valence-electron chi connectivity index (χ3n) is 2.53. The van der Waals surface area contributed by atoms with E-state index in [1.54, 1.807) is 0 Å². The largest absolute Gasteiger partial charge is 0.476 e. The van der Waals surface area contributed by atoms with Crippen molar-refractivity contribution in [1.82, 2.24) is 15.0 Å². The van der Waals surface area contributed by atoms with E-state index in [0.29, 0.717) is 6.07 Å². The molecule has 0 aliphatic rings. The summed E-state index contributed by atoms with van der Waals surface area (Å²) in [6.07, 6.45) is -5.05. The number of alkyl halides is 3. The zero-order valence-corrected chi connectivity index (χ0v) is 10.0. The Balaban J connectivity index is 2.50. The van der Waals surface area contributed by atoms with Crippen LogP contribution in [0.2, 0.25) is 0 Å². The first-order chi connectivity index (χ1) is 9.70. The van der Waals surface area contributed by atoms with Crippen molar-refractivity contribution in [1.29, 1.82) is 0 Å². The average molecular weight is 307 g/mol. The van der Waals surface area contributed by atoms with Crippen LogP contribution in [-0.4, -0.2) is 26.1 Å². The van der Waals surface area contributed by atoms with Crippen molar-refractivity contribution in [2.24, 2.45) is 0 Å². The Bertz CT molecular complexity index is 696. The molecule has 0 radical (unpaired) electrons. The van der Waals surface area contributed by atoms with Gasteiger partial charge in [0.05, 0.1) is 6.54 Å². The molecule has 2 rings (SSSR count). The summed E-state index contributed by atoms with van der Waals surface area (Å²) in [6.45, 7) is -0.807. The molecule has 1 aromatic heterocycles. The van der Waals surface area contributed by atoms with Crippen LogP contribution >= 0.6 is 0 Å². The number of halogens is 5. The van der Waals surface area contributed by atoms with Crippen molar-refractivity contribution in [2.45, 2.75) is 12.7 Å². The summed E-state index contributed by atoms with van der Waals surface area (Å²) in [5.41, 5.74) is -3.36. The molecule has 0 bridgehead atoms. The van der Waals surface area contributed by atoms with E-state index in [1.807, 2.05) is 0 Å². The lowest BCUT2D eigenvalue weighted by Gasteiger charge is -2.10. The molecule has 1 heterocycles. The topological polar surface area (TPSA) is 68.0 Å². The monoisotopic (exact) mass is 307 g/mol. The van der Waals surface area contributed by atoms with Crippen molar-refractivity contribution in [3.05, 3.63) is 46.8 Å². The van der Waals surface area contributed by atoms with Gasteiger partial charge in [-0.2, -0.15) is 13.2 Å². The van der Waals surface area contributed by atoms with Crippen LogP contribution in [0.25, 0.3) is 0 Å². The molecule has 0 spiro atoms. The number of aromatic nitrogens is 3. The van der Waals surface area contributed by atoms with Crippen LogP contribution in [0.15, 0.2) is 18.2 Å². The van der Waals surface area contributed by atoms with E-state index in [-0.39, 0.29) is 4.68 Å². The number of aromatic carboxylic acids is 1. The number of hydrogen-bond donors (Lipinski definition) is 1. The summed E-state index contributed by atoms with van der Waals surface area (Å²) in [5, 5.41) is 14.6. The number of nitrogens with zero attached hydrogens (tertiary/aromatic N) is 3. The first-order valence-corrected chi connectivity index (χ1v) is 5.38. The van der Waals surface area contributed by atoms with Crippen molar-refractivity contribution in [3.8, 4) is 0 Å². The van der Waals surface area contributed by atoms with Crippen LogP contribution in [-0.2, 0) is 12.7 Å². The van der Waals surface area contributed by atoms with Crippen LogP contribution in [0, 0.1) is 11.6 Å². The van der Waals surface area contributed by atoms with E-state index >= 15 is 0 Å². The van der Waals surface area contributed by atoms with Gasteiger partial charge < -0.3 is 5.11 Å². The summed E-state index contributed by atoms with van der Waals surface area (Å²) >= 11 is 0. The maximum Gasteiger partial charge on any atom is 0.435 e. The Labute approximate surface area is 113 Å². The minimum absolute atomic E-state index is 0.168. The fourth-order valence-electron chi connectivity index (χ4n) is 1.67. The highest BCUT2D eigenvalue weighted by Crippen LogP contribution is 2.31. The zero-order chi connectivity index (χ0) is 15.8. The van der Waals surface area contributed by atoms with Crippen LogP contribution in [0.4, 0.5) is 22.0 Å². The van der Waals surface area contributed by atoms with E-state index < -0.39 is 47.3 Å². The summed E-state index contributed by atoms with van der Waals surface area (Å²) in [6, 6.07) is 2.23. The molecular formula is C11H6F5N3O2. The number of carbonyl (C=O) groups is 1. The standard InChI is InChI=1S/C11H6F5N3O2/c12-6-1-2-7(13)5(3-6)4-19-9(11(14,15)16)8(10(20)21)17-18-19/h1-3H,4H2,(H,20,21). The third kappa shape index (κ3) is 2.98. The number of benzene rings is 1. The molecule has 0 saturated heterocycles. The molecular weight excluding hydrogens is 301 g/mol. The van der Waals surface area contributed by atoms with Gasteiger partial charge in [0.25, 0.3) is 0 Å². The maximum atomic E-state index is 13.4. The zero-order valence-electron chi connectivity index (χ0n) is 10.0. The molecule has 0 aliphatic carbocycles. The van der Waals surface area contributed by atoms with E-state index in [0.717, 1.165) is 12.1 Å². The summed E-state index contributed by atoms with van der Waals surface area (Å²) < 4.78 is 65.1. The van der Waals surface area contributed by atoms with Gasteiger partial charge in [0.2, 0.25) is 5.69 Å². The number of carboxylic acids is 1. The molecule has 5 nitrogen and oxygen atoms in total. The quantitative estimate of drug-likeness (QED) is 0.884. The van der Waals surface area contributed by atoms with Gasteiger partial charge in [0, 0.05) is 5.56 Å². The lowest BCUT2D eigenvalue weighted by atomic mass is 10.2. The molecule has 0 amide bonds. The first-order valence-electron chi connectivity index (χ1n) is 5.38. The second-order valence-corrected chi connectivity index (χ2v) is 3.98. The maximum absolute atomic E-state index is 13.4. The Morgan fingerprint density at radius 2 is 1.95 bits per heavy atom. The minimum atomic E-state index is -5.05. The predicted octanol–water partition coefficient (Wildman–Crippen LogP) is 2.32. The molecule has 0 unspecified atom stereocenters. The molecule has 0 aliphatic heterocycles. The molecule has 112 valence electrons. The van der Waals surface area contributed by atoms with Gasteiger partial charge >= 0.3 is 12.1 Å². The summed E-state index contributed by atoms with van der Waals surface area (Å²) in [4.78, 5) is 10.7. The smallest absolute Gasteiger partial charge is 0.435 e. The first kappa shape index (κ1) is 14.9.